The Bertz CT molecular complexity index is 396. The number of rotatable bonds is 6. The quantitative estimate of drug-likeness (QED) is 0.788. The normalized spacial score (nSPS) is 19.3. The predicted molar refractivity (Wildman–Crippen MR) is 75.9 cm³/mol. The third-order valence-corrected chi connectivity index (χ3v) is 3.70. The number of Topliss-reactive ketones (excluding diaryl/α,β-unsaturated/α-hetero) is 1. The number of carbonyl (C=O) groups is 1. The van der Waals surface area contributed by atoms with E-state index >= 15 is 0 Å². The molecule has 1 aromatic carbocycles. The van der Waals surface area contributed by atoms with Crippen molar-refractivity contribution in [1.29, 1.82) is 0 Å². The van der Waals surface area contributed by atoms with Crippen molar-refractivity contribution in [2.24, 2.45) is 5.92 Å². The van der Waals surface area contributed by atoms with E-state index in [0.717, 1.165) is 19.6 Å². The first-order chi connectivity index (χ1) is 9.16. The summed E-state index contributed by atoms with van der Waals surface area (Å²) in [5.74, 6) is 0.430. The van der Waals surface area contributed by atoms with Gasteiger partial charge in [-0.2, -0.15) is 0 Å². The van der Waals surface area contributed by atoms with Crippen LogP contribution in [0, 0.1) is 5.92 Å². The van der Waals surface area contributed by atoms with Crippen molar-refractivity contribution >= 4 is 5.78 Å². The molecule has 1 aromatic rings. The van der Waals surface area contributed by atoms with Gasteiger partial charge in [-0.25, -0.2) is 0 Å². The molecule has 1 aliphatic heterocycles. The van der Waals surface area contributed by atoms with Crippen molar-refractivity contribution < 1.29 is 9.53 Å². The van der Waals surface area contributed by atoms with Crippen LogP contribution in [-0.4, -0.2) is 36.5 Å². The Morgan fingerprint density at radius 2 is 2.11 bits per heavy atom. The van der Waals surface area contributed by atoms with E-state index in [4.69, 9.17) is 4.74 Å². The Hall–Kier alpha value is -1.19. The number of ether oxygens (including phenoxy) is 1. The van der Waals surface area contributed by atoms with E-state index in [-0.39, 0.29) is 5.92 Å². The van der Waals surface area contributed by atoms with E-state index in [9.17, 15) is 4.79 Å². The maximum atomic E-state index is 12.2. The Labute approximate surface area is 115 Å². The molecule has 1 fully saturated rings. The van der Waals surface area contributed by atoms with Gasteiger partial charge in [0.15, 0.2) is 5.78 Å². The van der Waals surface area contributed by atoms with Crippen molar-refractivity contribution in [2.75, 3.05) is 19.8 Å². The van der Waals surface area contributed by atoms with Crippen LogP contribution in [0.2, 0.25) is 0 Å². The molecule has 3 heteroatoms. The van der Waals surface area contributed by atoms with Gasteiger partial charge in [-0.3, -0.25) is 9.69 Å². The highest BCUT2D eigenvalue weighted by atomic mass is 16.5. The average molecular weight is 261 g/mol. The van der Waals surface area contributed by atoms with E-state index < -0.39 is 0 Å². The average Bonchev–Trinajstić information content (AvgIpc) is 2.93. The van der Waals surface area contributed by atoms with Gasteiger partial charge in [-0.05, 0) is 25.8 Å². The highest BCUT2D eigenvalue weighted by Crippen LogP contribution is 2.16. The van der Waals surface area contributed by atoms with Crippen molar-refractivity contribution in [3.05, 3.63) is 35.9 Å². The van der Waals surface area contributed by atoms with Crippen molar-refractivity contribution in [3.63, 3.8) is 0 Å². The molecule has 0 bridgehead atoms. The second kappa shape index (κ2) is 6.83. The third-order valence-electron chi connectivity index (χ3n) is 3.70. The first-order valence-electron chi connectivity index (χ1n) is 7.05. The van der Waals surface area contributed by atoms with Crippen LogP contribution >= 0.6 is 0 Å². The van der Waals surface area contributed by atoms with Crippen LogP contribution in [0.3, 0.4) is 0 Å². The largest absolute Gasteiger partial charge is 0.381 e. The summed E-state index contributed by atoms with van der Waals surface area (Å²) in [4.78, 5) is 14.5. The topological polar surface area (TPSA) is 29.5 Å². The molecular formula is C16H23NO2. The van der Waals surface area contributed by atoms with E-state index in [1.807, 2.05) is 18.2 Å². The number of hydrogen-bond acceptors (Lipinski definition) is 3. The fourth-order valence-corrected chi connectivity index (χ4v) is 2.36. The second-order valence-electron chi connectivity index (χ2n) is 5.51. The maximum absolute atomic E-state index is 12.2. The lowest BCUT2D eigenvalue weighted by atomic mass is 10.0. The van der Waals surface area contributed by atoms with Crippen LogP contribution in [0.4, 0.5) is 0 Å². The van der Waals surface area contributed by atoms with E-state index in [0.29, 0.717) is 25.0 Å². The smallest absolute Gasteiger partial charge is 0.152 e. The summed E-state index contributed by atoms with van der Waals surface area (Å²) in [5, 5.41) is 0. The minimum atomic E-state index is 0.108. The molecule has 1 saturated heterocycles. The van der Waals surface area contributed by atoms with Gasteiger partial charge in [-0.1, -0.05) is 30.3 Å². The Morgan fingerprint density at radius 3 is 2.68 bits per heavy atom. The molecular weight excluding hydrogens is 238 g/mol. The second-order valence-corrected chi connectivity index (χ2v) is 5.51. The zero-order valence-corrected chi connectivity index (χ0v) is 11.8. The lowest BCUT2D eigenvalue weighted by Gasteiger charge is -2.26. The van der Waals surface area contributed by atoms with Gasteiger partial charge in [0.2, 0.25) is 0 Å². The number of benzene rings is 1. The van der Waals surface area contributed by atoms with Gasteiger partial charge in [0.25, 0.3) is 0 Å². The molecule has 0 aromatic heterocycles. The predicted octanol–water partition coefficient (Wildman–Crippen LogP) is 2.50. The molecule has 1 aliphatic rings. The number of nitrogens with zero attached hydrogens (tertiary/aromatic N) is 1. The van der Waals surface area contributed by atoms with Crippen LogP contribution in [0.1, 0.15) is 25.8 Å². The van der Waals surface area contributed by atoms with E-state index in [1.165, 1.54) is 5.56 Å². The summed E-state index contributed by atoms with van der Waals surface area (Å²) in [6, 6.07) is 10.7. The van der Waals surface area contributed by atoms with Gasteiger partial charge in [-0.15, -0.1) is 0 Å². The molecule has 2 rings (SSSR count). The van der Waals surface area contributed by atoms with Gasteiger partial charge in [0, 0.05) is 25.1 Å². The van der Waals surface area contributed by atoms with Crippen molar-refractivity contribution in [3.8, 4) is 0 Å². The maximum Gasteiger partial charge on any atom is 0.152 e. The minimum absolute atomic E-state index is 0.108. The summed E-state index contributed by atoms with van der Waals surface area (Å²) in [7, 11) is 0. The van der Waals surface area contributed by atoms with Gasteiger partial charge >= 0.3 is 0 Å². The van der Waals surface area contributed by atoms with Gasteiger partial charge < -0.3 is 4.74 Å². The SMILES string of the molecule is CC(C)N(CC(=O)C1CCOC1)Cc1ccccc1. The van der Waals surface area contributed by atoms with Crippen LogP contribution in [-0.2, 0) is 16.1 Å². The van der Waals surface area contributed by atoms with Crippen molar-refractivity contribution in [1.82, 2.24) is 4.90 Å². The third kappa shape index (κ3) is 4.15. The molecule has 0 radical (unpaired) electrons. The zero-order chi connectivity index (χ0) is 13.7. The van der Waals surface area contributed by atoms with E-state index in [2.05, 4.69) is 30.9 Å². The summed E-state index contributed by atoms with van der Waals surface area (Å²) >= 11 is 0. The van der Waals surface area contributed by atoms with Crippen LogP contribution in [0.5, 0.6) is 0 Å². The number of carbonyl (C=O) groups excluding carboxylic acids is 1. The number of ketones is 1. The van der Waals surface area contributed by atoms with Gasteiger partial charge in [0.1, 0.15) is 0 Å². The van der Waals surface area contributed by atoms with Crippen LogP contribution < -0.4 is 0 Å². The van der Waals surface area contributed by atoms with E-state index in [1.54, 1.807) is 0 Å². The number of hydrogen-bond donors (Lipinski definition) is 0. The highest BCUT2D eigenvalue weighted by molar-refractivity contribution is 5.83. The Balaban J connectivity index is 1.94. The summed E-state index contributed by atoms with van der Waals surface area (Å²) in [6.07, 6.45) is 0.885. The fraction of sp³-hybridized carbons (Fsp3) is 0.562. The summed E-state index contributed by atoms with van der Waals surface area (Å²) in [5.41, 5.74) is 1.26. The Morgan fingerprint density at radius 1 is 1.37 bits per heavy atom. The fourth-order valence-electron chi connectivity index (χ4n) is 2.36. The summed E-state index contributed by atoms with van der Waals surface area (Å²) < 4.78 is 5.30. The molecule has 1 atom stereocenters. The first-order valence-corrected chi connectivity index (χ1v) is 7.05. The summed E-state index contributed by atoms with van der Waals surface area (Å²) in [6.45, 7) is 6.98. The van der Waals surface area contributed by atoms with Crippen LogP contribution in [0.25, 0.3) is 0 Å². The van der Waals surface area contributed by atoms with Crippen molar-refractivity contribution in [2.45, 2.75) is 32.9 Å². The molecule has 0 aliphatic carbocycles. The lowest BCUT2D eigenvalue weighted by Crippen LogP contribution is -2.37. The monoisotopic (exact) mass is 261 g/mol. The zero-order valence-electron chi connectivity index (χ0n) is 11.8. The molecule has 0 N–H and O–H groups in total. The standard InChI is InChI=1S/C16H23NO2/c1-13(2)17(10-14-6-4-3-5-7-14)11-16(18)15-8-9-19-12-15/h3-7,13,15H,8-12H2,1-2H3. The molecule has 1 unspecified atom stereocenters. The van der Waals surface area contributed by atoms with Crippen LogP contribution in [0.15, 0.2) is 30.3 Å². The highest BCUT2D eigenvalue weighted by Gasteiger charge is 2.25. The molecule has 3 nitrogen and oxygen atoms in total. The molecule has 104 valence electrons. The molecule has 0 spiro atoms. The van der Waals surface area contributed by atoms with Gasteiger partial charge in [0.05, 0.1) is 13.2 Å². The molecule has 0 amide bonds. The Kier molecular flexibility index (Phi) is 5.11. The molecule has 1 heterocycles. The lowest BCUT2D eigenvalue weighted by molar-refractivity contribution is -0.124. The minimum Gasteiger partial charge on any atom is -0.381 e. The molecule has 19 heavy (non-hydrogen) atoms. The molecule has 0 saturated carbocycles. The first kappa shape index (κ1) is 14.2.